The zero-order valence-corrected chi connectivity index (χ0v) is 5.77. The fraction of sp³-hybridized carbons (Fsp3) is 0.286. The summed E-state index contributed by atoms with van der Waals surface area (Å²) in [5, 5.41) is 8.22. The average Bonchev–Trinajstić information content (AvgIpc) is 2.03. The molecule has 4 nitrogen and oxygen atoms in total. The molecule has 11 heavy (non-hydrogen) atoms. The number of allylic oxidation sites excluding steroid dienone is 2. The van der Waals surface area contributed by atoms with Gasteiger partial charge in [-0.1, -0.05) is 6.08 Å². The van der Waals surface area contributed by atoms with Gasteiger partial charge in [0, 0.05) is 0 Å². The molecule has 1 heterocycles. The van der Waals surface area contributed by atoms with Crippen LogP contribution in [-0.2, 0) is 14.3 Å². The molecule has 0 bridgehead atoms. The maximum absolute atomic E-state index is 10.0. The second kappa shape index (κ2) is 3.78. The summed E-state index contributed by atoms with van der Waals surface area (Å²) in [4.78, 5) is 10.0. The first-order valence-electron chi connectivity index (χ1n) is 3.11. The predicted molar refractivity (Wildman–Crippen MR) is 36.7 cm³/mol. The van der Waals surface area contributed by atoms with Crippen LogP contribution in [0.1, 0.15) is 0 Å². The van der Waals surface area contributed by atoms with Crippen LogP contribution < -0.4 is 0 Å². The summed E-state index contributed by atoms with van der Waals surface area (Å²) in [6.45, 7) is -0.344. The summed E-state index contributed by atoms with van der Waals surface area (Å²) >= 11 is 0. The molecular formula is C7H8O4. The Bertz CT molecular complexity index is 195. The molecule has 0 aromatic carbocycles. The first-order valence-corrected chi connectivity index (χ1v) is 3.11. The quantitative estimate of drug-likeness (QED) is 0.647. The number of hydrogen-bond donors (Lipinski definition) is 1. The summed E-state index contributed by atoms with van der Waals surface area (Å²) in [7, 11) is 0. The Balaban J connectivity index is 2.22. The van der Waals surface area contributed by atoms with E-state index in [1.54, 1.807) is 18.2 Å². The van der Waals surface area contributed by atoms with E-state index in [0.29, 0.717) is 0 Å². The molecular weight excluding hydrogens is 148 g/mol. The van der Waals surface area contributed by atoms with Crippen LogP contribution in [0.15, 0.2) is 24.5 Å². The van der Waals surface area contributed by atoms with Gasteiger partial charge in [-0.05, 0) is 12.2 Å². The van der Waals surface area contributed by atoms with Crippen molar-refractivity contribution in [1.29, 1.82) is 0 Å². The van der Waals surface area contributed by atoms with Crippen molar-refractivity contribution in [2.24, 2.45) is 0 Å². The van der Waals surface area contributed by atoms with Gasteiger partial charge in [-0.2, -0.15) is 0 Å². The number of carbonyl (C=O) groups is 1. The van der Waals surface area contributed by atoms with E-state index in [-0.39, 0.29) is 6.61 Å². The molecule has 1 N–H and O–H groups in total. The van der Waals surface area contributed by atoms with Gasteiger partial charge in [-0.15, -0.1) is 0 Å². The van der Waals surface area contributed by atoms with Crippen molar-refractivity contribution in [2.75, 3.05) is 6.61 Å². The van der Waals surface area contributed by atoms with Crippen LogP contribution in [0, 0.1) is 0 Å². The number of rotatable bonds is 3. The van der Waals surface area contributed by atoms with E-state index in [1.807, 2.05) is 0 Å². The Labute approximate surface area is 63.7 Å². The van der Waals surface area contributed by atoms with E-state index < -0.39 is 12.3 Å². The first kappa shape index (κ1) is 7.81. The molecule has 60 valence electrons. The SMILES string of the molecule is O=C(O)COC1C=CC=CO1. The molecule has 0 aromatic rings. The van der Waals surface area contributed by atoms with Crippen LogP contribution in [-0.4, -0.2) is 24.0 Å². The van der Waals surface area contributed by atoms with Crippen LogP contribution in [0.5, 0.6) is 0 Å². The number of carboxylic acids is 1. The molecule has 0 spiro atoms. The monoisotopic (exact) mass is 156 g/mol. The molecule has 4 heteroatoms. The molecule has 0 saturated carbocycles. The molecule has 0 aromatic heterocycles. The number of ether oxygens (including phenoxy) is 2. The van der Waals surface area contributed by atoms with Gasteiger partial charge in [-0.25, -0.2) is 4.79 Å². The van der Waals surface area contributed by atoms with Crippen LogP contribution in [0.25, 0.3) is 0 Å². The maximum atomic E-state index is 10.0. The van der Waals surface area contributed by atoms with Crippen LogP contribution in [0.4, 0.5) is 0 Å². The third kappa shape index (κ3) is 2.86. The van der Waals surface area contributed by atoms with Gasteiger partial charge in [0.2, 0.25) is 6.29 Å². The van der Waals surface area contributed by atoms with Gasteiger partial charge < -0.3 is 14.6 Å². The minimum absolute atomic E-state index is 0.344. The first-order chi connectivity index (χ1) is 5.29. The Morgan fingerprint density at radius 3 is 3.00 bits per heavy atom. The Hall–Kier alpha value is -1.29. The zero-order valence-electron chi connectivity index (χ0n) is 5.77. The minimum Gasteiger partial charge on any atom is -0.480 e. The third-order valence-corrected chi connectivity index (χ3v) is 1.04. The highest BCUT2D eigenvalue weighted by Gasteiger charge is 2.07. The molecule has 0 aliphatic carbocycles. The molecule has 0 saturated heterocycles. The zero-order chi connectivity index (χ0) is 8.10. The van der Waals surface area contributed by atoms with Crippen molar-refractivity contribution in [1.82, 2.24) is 0 Å². The average molecular weight is 156 g/mol. The van der Waals surface area contributed by atoms with Gasteiger partial charge in [0.15, 0.2) is 0 Å². The number of hydrogen-bond acceptors (Lipinski definition) is 3. The smallest absolute Gasteiger partial charge is 0.329 e. The Morgan fingerprint density at radius 2 is 2.45 bits per heavy atom. The van der Waals surface area contributed by atoms with E-state index in [9.17, 15) is 4.79 Å². The van der Waals surface area contributed by atoms with Crippen LogP contribution in [0.3, 0.4) is 0 Å². The fourth-order valence-corrected chi connectivity index (χ4v) is 0.617. The van der Waals surface area contributed by atoms with E-state index in [2.05, 4.69) is 0 Å². The normalized spacial score (nSPS) is 21.3. The van der Waals surface area contributed by atoms with Gasteiger partial charge in [0.25, 0.3) is 0 Å². The molecule has 1 atom stereocenters. The highest BCUT2D eigenvalue weighted by atomic mass is 16.7. The Morgan fingerprint density at radius 1 is 1.64 bits per heavy atom. The van der Waals surface area contributed by atoms with Crippen LogP contribution >= 0.6 is 0 Å². The molecule has 1 aliphatic rings. The molecule has 0 radical (unpaired) electrons. The lowest BCUT2D eigenvalue weighted by atomic mass is 10.4. The van der Waals surface area contributed by atoms with Crippen molar-refractivity contribution in [3.8, 4) is 0 Å². The van der Waals surface area contributed by atoms with Crippen molar-refractivity contribution in [2.45, 2.75) is 6.29 Å². The van der Waals surface area contributed by atoms with Crippen molar-refractivity contribution in [3.63, 3.8) is 0 Å². The highest BCUT2D eigenvalue weighted by molar-refractivity contribution is 5.68. The van der Waals surface area contributed by atoms with Gasteiger partial charge in [0.1, 0.15) is 6.61 Å². The lowest BCUT2D eigenvalue weighted by Crippen LogP contribution is -2.18. The summed E-state index contributed by atoms with van der Waals surface area (Å²) < 4.78 is 9.66. The molecule has 0 amide bonds. The molecule has 1 unspecified atom stereocenters. The topological polar surface area (TPSA) is 55.8 Å². The largest absolute Gasteiger partial charge is 0.480 e. The van der Waals surface area contributed by atoms with Crippen molar-refractivity contribution in [3.05, 3.63) is 24.5 Å². The molecule has 1 aliphatic heterocycles. The lowest BCUT2D eigenvalue weighted by Gasteiger charge is -2.13. The summed E-state index contributed by atoms with van der Waals surface area (Å²) in [6, 6.07) is 0. The number of carboxylic acid groups (broad SMARTS) is 1. The molecule has 1 rings (SSSR count). The van der Waals surface area contributed by atoms with Crippen molar-refractivity contribution >= 4 is 5.97 Å². The maximum Gasteiger partial charge on any atom is 0.329 e. The van der Waals surface area contributed by atoms with E-state index >= 15 is 0 Å². The summed E-state index contributed by atoms with van der Waals surface area (Å²) in [5.41, 5.74) is 0. The van der Waals surface area contributed by atoms with Gasteiger partial charge >= 0.3 is 5.97 Å². The summed E-state index contributed by atoms with van der Waals surface area (Å²) in [5.74, 6) is -1.00. The lowest BCUT2D eigenvalue weighted by molar-refractivity contribution is -0.151. The van der Waals surface area contributed by atoms with E-state index in [0.717, 1.165) is 0 Å². The second-order valence-electron chi connectivity index (χ2n) is 1.92. The fourth-order valence-electron chi connectivity index (χ4n) is 0.617. The standard InChI is InChI=1S/C7H8O4/c8-6(9)5-11-7-3-1-2-4-10-7/h1-4,7H,5H2,(H,8,9). The second-order valence-corrected chi connectivity index (χ2v) is 1.92. The van der Waals surface area contributed by atoms with Gasteiger partial charge in [0.05, 0.1) is 6.26 Å². The van der Waals surface area contributed by atoms with Crippen LogP contribution in [0.2, 0.25) is 0 Å². The van der Waals surface area contributed by atoms with E-state index in [4.69, 9.17) is 14.6 Å². The predicted octanol–water partition coefficient (Wildman–Crippen LogP) is 0.514. The Kier molecular flexibility index (Phi) is 2.68. The minimum atomic E-state index is -1.00. The molecule has 0 fully saturated rings. The third-order valence-electron chi connectivity index (χ3n) is 1.04. The van der Waals surface area contributed by atoms with E-state index in [1.165, 1.54) is 6.26 Å². The number of aliphatic carboxylic acids is 1. The summed E-state index contributed by atoms with van der Waals surface area (Å²) in [6.07, 6.45) is 5.95. The highest BCUT2D eigenvalue weighted by Crippen LogP contribution is 2.02. The van der Waals surface area contributed by atoms with Crippen molar-refractivity contribution < 1.29 is 19.4 Å². The van der Waals surface area contributed by atoms with Gasteiger partial charge in [-0.3, -0.25) is 0 Å².